The highest BCUT2D eigenvalue weighted by atomic mass is 16.5. The van der Waals surface area contributed by atoms with Crippen LogP contribution in [0.2, 0.25) is 0 Å². The van der Waals surface area contributed by atoms with E-state index in [0.717, 1.165) is 0 Å². The molecule has 0 fully saturated rings. The molecular weight excluding hydrogens is 280 g/mol. The fourth-order valence-electron chi connectivity index (χ4n) is 2.47. The summed E-state index contributed by atoms with van der Waals surface area (Å²) in [4.78, 5) is 18.2. The molecular formula is C16H12N4O2. The van der Waals surface area contributed by atoms with Gasteiger partial charge >= 0.3 is 0 Å². The van der Waals surface area contributed by atoms with Gasteiger partial charge in [-0.25, -0.2) is 0 Å². The zero-order valence-electron chi connectivity index (χ0n) is 11.8. The Labute approximate surface area is 125 Å². The molecule has 0 aliphatic carbocycles. The zero-order chi connectivity index (χ0) is 15.5. The highest BCUT2D eigenvalue weighted by Gasteiger charge is 2.15. The van der Waals surface area contributed by atoms with Gasteiger partial charge in [-0.3, -0.25) is 4.79 Å². The Hall–Kier alpha value is -3.24. The molecule has 0 saturated heterocycles. The third-order valence-corrected chi connectivity index (χ3v) is 3.41. The van der Waals surface area contributed by atoms with Crippen molar-refractivity contribution >= 4 is 16.6 Å². The number of fused-ring (bicyclic) bond motifs is 1. The summed E-state index contributed by atoms with van der Waals surface area (Å²) >= 11 is 0. The fourth-order valence-corrected chi connectivity index (χ4v) is 2.47. The average molecular weight is 292 g/mol. The van der Waals surface area contributed by atoms with Gasteiger partial charge in [0.1, 0.15) is 5.75 Å². The number of methoxy groups -OCH3 is 1. The SMILES string of the molecule is COc1cccc2c(N=[N+]=[N-])c(-c3ccccc3)c(=O)[nH]c12. The molecule has 22 heavy (non-hydrogen) atoms. The number of nitrogens with zero attached hydrogens (tertiary/aromatic N) is 3. The van der Waals surface area contributed by atoms with Crippen LogP contribution in [-0.2, 0) is 0 Å². The second-order valence-corrected chi connectivity index (χ2v) is 4.62. The van der Waals surface area contributed by atoms with E-state index in [-0.39, 0.29) is 5.56 Å². The first-order chi connectivity index (χ1) is 10.8. The molecule has 6 heteroatoms. The Morgan fingerprint density at radius 2 is 1.91 bits per heavy atom. The third-order valence-electron chi connectivity index (χ3n) is 3.41. The van der Waals surface area contributed by atoms with E-state index in [1.807, 2.05) is 18.2 Å². The number of H-pyrrole nitrogens is 1. The van der Waals surface area contributed by atoms with E-state index in [0.29, 0.717) is 33.5 Å². The predicted molar refractivity (Wildman–Crippen MR) is 85.4 cm³/mol. The lowest BCUT2D eigenvalue weighted by atomic mass is 10.0. The Morgan fingerprint density at radius 3 is 2.59 bits per heavy atom. The second-order valence-electron chi connectivity index (χ2n) is 4.62. The highest BCUT2D eigenvalue weighted by Crippen LogP contribution is 2.36. The van der Waals surface area contributed by atoms with Crippen LogP contribution < -0.4 is 10.3 Å². The molecule has 6 nitrogen and oxygen atoms in total. The van der Waals surface area contributed by atoms with Crippen molar-refractivity contribution in [1.29, 1.82) is 0 Å². The zero-order valence-corrected chi connectivity index (χ0v) is 11.8. The van der Waals surface area contributed by atoms with Crippen LogP contribution >= 0.6 is 0 Å². The monoisotopic (exact) mass is 292 g/mol. The van der Waals surface area contributed by atoms with E-state index in [2.05, 4.69) is 15.0 Å². The molecule has 108 valence electrons. The molecule has 0 spiro atoms. The Morgan fingerprint density at radius 1 is 1.14 bits per heavy atom. The molecule has 0 radical (unpaired) electrons. The van der Waals surface area contributed by atoms with Crippen molar-refractivity contribution in [1.82, 2.24) is 4.98 Å². The second kappa shape index (κ2) is 5.63. The lowest BCUT2D eigenvalue weighted by Gasteiger charge is -2.11. The van der Waals surface area contributed by atoms with Crippen LogP contribution in [0.15, 0.2) is 58.4 Å². The van der Waals surface area contributed by atoms with E-state index in [1.54, 1.807) is 30.3 Å². The van der Waals surface area contributed by atoms with Crippen LogP contribution in [0.5, 0.6) is 5.75 Å². The lowest BCUT2D eigenvalue weighted by molar-refractivity contribution is 0.419. The highest BCUT2D eigenvalue weighted by molar-refractivity contribution is 5.99. The van der Waals surface area contributed by atoms with Gasteiger partial charge in [0.2, 0.25) is 0 Å². The van der Waals surface area contributed by atoms with Crippen LogP contribution in [0.1, 0.15) is 0 Å². The Kier molecular flexibility index (Phi) is 3.52. The molecule has 0 amide bonds. The standard InChI is InChI=1S/C16H12N4O2/c1-22-12-9-5-8-11-14(12)18-16(21)13(15(11)19-20-17)10-6-3-2-4-7-10/h2-9H,1H3,(H,18,21). The first-order valence-electron chi connectivity index (χ1n) is 6.59. The van der Waals surface area contributed by atoms with Crippen molar-refractivity contribution in [2.45, 2.75) is 0 Å². The summed E-state index contributed by atoms with van der Waals surface area (Å²) in [5.74, 6) is 0.517. The van der Waals surface area contributed by atoms with E-state index < -0.39 is 0 Å². The van der Waals surface area contributed by atoms with Gasteiger partial charge < -0.3 is 9.72 Å². The Bertz CT molecular complexity index is 942. The molecule has 2 aromatic carbocycles. The number of ether oxygens (including phenoxy) is 1. The van der Waals surface area contributed by atoms with Crippen LogP contribution in [0.25, 0.3) is 32.5 Å². The van der Waals surface area contributed by atoms with Crippen molar-refractivity contribution in [2.24, 2.45) is 5.11 Å². The number of benzene rings is 2. The normalized spacial score (nSPS) is 10.2. The minimum atomic E-state index is -0.328. The quantitative estimate of drug-likeness (QED) is 0.446. The van der Waals surface area contributed by atoms with E-state index >= 15 is 0 Å². The van der Waals surface area contributed by atoms with Crippen LogP contribution in [0, 0.1) is 0 Å². The number of pyridine rings is 1. The van der Waals surface area contributed by atoms with Crippen molar-refractivity contribution < 1.29 is 4.74 Å². The summed E-state index contributed by atoms with van der Waals surface area (Å²) in [6.45, 7) is 0. The summed E-state index contributed by atoms with van der Waals surface area (Å²) in [5.41, 5.74) is 10.4. The number of hydrogen-bond donors (Lipinski definition) is 1. The molecule has 0 atom stereocenters. The summed E-state index contributed by atoms with van der Waals surface area (Å²) in [5, 5.41) is 4.39. The number of aromatic nitrogens is 1. The molecule has 0 unspecified atom stereocenters. The van der Waals surface area contributed by atoms with Gasteiger partial charge in [-0.2, -0.15) is 0 Å². The van der Waals surface area contributed by atoms with Gasteiger partial charge in [0.15, 0.2) is 0 Å². The first-order valence-corrected chi connectivity index (χ1v) is 6.59. The maximum Gasteiger partial charge on any atom is 0.256 e. The molecule has 3 aromatic rings. The summed E-state index contributed by atoms with van der Waals surface area (Å²) in [6.07, 6.45) is 0. The van der Waals surface area contributed by atoms with Crippen molar-refractivity contribution in [3.8, 4) is 16.9 Å². The van der Waals surface area contributed by atoms with Crippen molar-refractivity contribution in [3.05, 3.63) is 69.3 Å². The molecule has 0 bridgehead atoms. The van der Waals surface area contributed by atoms with Crippen LogP contribution in [0.4, 0.5) is 5.69 Å². The van der Waals surface area contributed by atoms with Gasteiger partial charge in [0.05, 0.1) is 23.9 Å². The van der Waals surface area contributed by atoms with Crippen molar-refractivity contribution in [2.75, 3.05) is 7.11 Å². The number of nitrogens with one attached hydrogen (secondary N) is 1. The van der Waals surface area contributed by atoms with Crippen LogP contribution in [0.3, 0.4) is 0 Å². The number of rotatable bonds is 3. The van der Waals surface area contributed by atoms with E-state index in [9.17, 15) is 4.79 Å². The predicted octanol–water partition coefficient (Wildman–Crippen LogP) is 4.15. The molecule has 3 rings (SSSR count). The summed E-state index contributed by atoms with van der Waals surface area (Å²) in [6, 6.07) is 14.4. The summed E-state index contributed by atoms with van der Waals surface area (Å²) in [7, 11) is 1.52. The minimum absolute atomic E-state index is 0.298. The molecule has 0 saturated carbocycles. The molecule has 1 N–H and O–H groups in total. The van der Waals surface area contributed by atoms with Gasteiger partial charge in [0.25, 0.3) is 5.56 Å². The molecule has 1 heterocycles. The van der Waals surface area contributed by atoms with Gasteiger partial charge in [-0.1, -0.05) is 47.6 Å². The van der Waals surface area contributed by atoms with Gasteiger partial charge in [-0.15, -0.1) is 0 Å². The number of hydrogen-bond acceptors (Lipinski definition) is 3. The molecule has 1 aromatic heterocycles. The maximum atomic E-state index is 12.5. The smallest absolute Gasteiger partial charge is 0.256 e. The van der Waals surface area contributed by atoms with E-state index in [4.69, 9.17) is 10.3 Å². The number of para-hydroxylation sites is 1. The number of azide groups is 1. The maximum absolute atomic E-state index is 12.5. The molecule has 0 aliphatic rings. The van der Waals surface area contributed by atoms with Gasteiger partial charge in [-0.05, 0) is 17.2 Å². The average Bonchev–Trinajstić information content (AvgIpc) is 2.55. The van der Waals surface area contributed by atoms with E-state index in [1.165, 1.54) is 7.11 Å². The largest absolute Gasteiger partial charge is 0.495 e. The third kappa shape index (κ3) is 2.17. The van der Waals surface area contributed by atoms with Gasteiger partial charge in [0, 0.05) is 10.3 Å². The molecule has 0 aliphatic heterocycles. The number of aromatic amines is 1. The topological polar surface area (TPSA) is 90.8 Å². The minimum Gasteiger partial charge on any atom is -0.495 e. The van der Waals surface area contributed by atoms with Crippen molar-refractivity contribution in [3.63, 3.8) is 0 Å². The first kappa shape index (κ1) is 13.7. The fraction of sp³-hybridized carbons (Fsp3) is 0.0625. The summed E-state index contributed by atoms with van der Waals surface area (Å²) < 4.78 is 5.26. The lowest BCUT2D eigenvalue weighted by Crippen LogP contribution is -2.10. The Balaban J connectivity index is 2.48. The van der Waals surface area contributed by atoms with Crippen LogP contribution in [-0.4, -0.2) is 12.1 Å².